The highest BCUT2D eigenvalue weighted by Crippen LogP contribution is 2.40. The molecule has 0 spiro atoms. The molecule has 0 atom stereocenters. The van der Waals surface area contributed by atoms with Gasteiger partial charge in [-0.3, -0.25) is 0 Å². The van der Waals surface area contributed by atoms with Crippen molar-refractivity contribution in [2.24, 2.45) is 0 Å². The Labute approximate surface area is 223 Å². The van der Waals surface area contributed by atoms with Gasteiger partial charge >= 0.3 is 0 Å². The maximum absolute atomic E-state index is 6.65. The molecule has 39 heavy (non-hydrogen) atoms. The third kappa shape index (κ3) is 2.87. The predicted molar refractivity (Wildman–Crippen MR) is 161 cm³/mol. The molecule has 3 heterocycles. The minimum atomic E-state index is 0.881. The number of benzene rings is 6. The maximum Gasteiger partial charge on any atom is 0.143 e. The molecule has 0 fully saturated rings. The smallest absolute Gasteiger partial charge is 0.143 e. The molecule has 3 aromatic heterocycles. The Kier molecular flexibility index (Phi) is 4.05. The average Bonchev–Trinajstić information content (AvgIpc) is 3.66. The first-order valence-electron chi connectivity index (χ1n) is 13.2. The SMILES string of the molecule is c1ccc2c(c1)oc1ccc(-c3cccc4c3oc3cc(-n5c6ccccc6c6ccccc65)ccc34)cc12. The predicted octanol–water partition coefficient (Wildman–Crippen LogP) is 10.2. The summed E-state index contributed by atoms with van der Waals surface area (Å²) in [5, 5.41) is 6.98. The van der Waals surface area contributed by atoms with E-state index in [4.69, 9.17) is 8.83 Å². The number of hydrogen-bond acceptors (Lipinski definition) is 2. The van der Waals surface area contributed by atoms with E-state index in [9.17, 15) is 0 Å². The Morgan fingerprint density at radius 3 is 1.90 bits per heavy atom. The van der Waals surface area contributed by atoms with E-state index in [1.54, 1.807) is 0 Å². The summed E-state index contributed by atoms with van der Waals surface area (Å²) in [5.41, 5.74) is 9.25. The Bertz CT molecular complexity index is 2350. The largest absolute Gasteiger partial charge is 0.456 e. The van der Waals surface area contributed by atoms with Crippen molar-refractivity contribution in [3.8, 4) is 16.8 Å². The van der Waals surface area contributed by atoms with E-state index < -0.39 is 0 Å². The Balaban J connectivity index is 1.27. The fourth-order valence-electron chi connectivity index (χ4n) is 6.25. The molecule has 0 N–H and O–H groups in total. The molecule has 182 valence electrons. The van der Waals surface area contributed by atoms with Crippen LogP contribution in [0.3, 0.4) is 0 Å². The molecular weight excluding hydrogens is 478 g/mol. The summed E-state index contributed by atoms with van der Waals surface area (Å²) in [5.74, 6) is 0. The molecule has 6 aromatic carbocycles. The van der Waals surface area contributed by atoms with Gasteiger partial charge in [-0.1, -0.05) is 78.9 Å². The molecule has 0 unspecified atom stereocenters. The summed E-state index contributed by atoms with van der Waals surface area (Å²) >= 11 is 0. The third-order valence-corrected chi connectivity index (χ3v) is 8.01. The molecule has 0 amide bonds. The highest BCUT2D eigenvalue weighted by atomic mass is 16.3. The van der Waals surface area contributed by atoms with Crippen LogP contribution in [-0.2, 0) is 0 Å². The van der Waals surface area contributed by atoms with Gasteiger partial charge in [-0.25, -0.2) is 0 Å². The normalized spacial score (nSPS) is 12.1. The zero-order valence-electron chi connectivity index (χ0n) is 20.9. The van der Waals surface area contributed by atoms with E-state index in [0.29, 0.717) is 0 Å². The monoisotopic (exact) mass is 499 g/mol. The molecule has 0 bridgehead atoms. The molecule has 0 aliphatic carbocycles. The van der Waals surface area contributed by atoms with Crippen molar-refractivity contribution in [3.63, 3.8) is 0 Å². The number of hydrogen-bond donors (Lipinski definition) is 0. The van der Waals surface area contributed by atoms with Gasteiger partial charge in [0.2, 0.25) is 0 Å². The average molecular weight is 500 g/mol. The highest BCUT2D eigenvalue weighted by molar-refractivity contribution is 6.13. The van der Waals surface area contributed by atoms with Crippen molar-refractivity contribution in [2.45, 2.75) is 0 Å². The molecule has 3 nitrogen and oxygen atoms in total. The quantitative estimate of drug-likeness (QED) is 0.237. The topological polar surface area (TPSA) is 31.2 Å². The molecule has 0 aliphatic heterocycles. The molecule has 9 rings (SSSR count). The van der Waals surface area contributed by atoms with Crippen LogP contribution in [0.4, 0.5) is 0 Å². The second kappa shape index (κ2) is 7.62. The number of furan rings is 2. The Hall–Kier alpha value is -5.28. The molecule has 0 saturated carbocycles. The van der Waals surface area contributed by atoms with Crippen molar-refractivity contribution >= 4 is 65.7 Å². The van der Waals surface area contributed by atoms with Crippen molar-refractivity contribution in [2.75, 3.05) is 0 Å². The fraction of sp³-hybridized carbons (Fsp3) is 0. The highest BCUT2D eigenvalue weighted by Gasteiger charge is 2.16. The van der Waals surface area contributed by atoms with Crippen molar-refractivity contribution < 1.29 is 8.83 Å². The van der Waals surface area contributed by atoms with E-state index in [1.165, 1.54) is 21.8 Å². The number of nitrogens with zero attached hydrogens (tertiary/aromatic N) is 1. The standard InChI is InChI=1S/C36H21NO2/c1-4-13-31-25(8-1)26-9-2-5-14-32(26)37(31)23-17-18-28-29-12-7-11-24(36(29)39-35(28)21-23)22-16-19-34-30(20-22)27-10-3-6-15-33(27)38-34/h1-21H. The third-order valence-electron chi connectivity index (χ3n) is 8.01. The van der Waals surface area contributed by atoms with Crippen LogP contribution in [0.25, 0.3) is 82.5 Å². The van der Waals surface area contributed by atoms with Gasteiger partial charge in [-0.15, -0.1) is 0 Å². The van der Waals surface area contributed by atoms with Gasteiger partial charge in [0.05, 0.1) is 11.0 Å². The summed E-state index contributed by atoms with van der Waals surface area (Å²) in [4.78, 5) is 0. The van der Waals surface area contributed by atoms with Crippen molar-refractivity contribution in [1.82, 2.24) is 4.57 Å². The molecule has 9 aromatic rings. The first-order chi connectivity index (χ1) is 19.3. The summed E-state index contributed by atoms with van der Waals surface area (Å²) in [6, 6.07) is 44.7. The zero-order chi connectivity index (χ0) is 25.5. The second-order valence-electron chi connectivity index (χ2n) is 10.1. The first-order valence-corrected chi connectivity index (χ1v) is 13.2. The molecular formula is C36H21NO2. The van der Waals surface area contributed by atoms with Crippen molar-refractivity contribution in [3.05, 3.63) is 127 Å². The van der Waals surface area contributed by atoms with E-state index in [0.717, 1.165) is 60.7 Å². The second-order valence-corrected chi connectivity index (χ2v) is 10.1. The summed E-state index contributed by atoms with van der Waals surface area (Å²) in [6.45, 7) is 0. The fourth-order valence-corrected chi connectivity index (χ4v) is 6.25. The lowest BCUT2D eigenvalue weighted by Crippen LogP contribution is -1.93. The van der Waals surface area contributed by atoms with Crippen LogP contribution in [0.5, 0.6) is 0 Å². The molecule has 0 aliphatic rings. The van der Waals surface area contributed by atoms with Crippen LogP contribution < -0.4 is 0 Å². The zero-order valence-corrected chi connectivity index (χ0v) is 20.9. The lowest BCUT2D eigenvalue weighted by Gasteiger charge is -2.07. The van der Waals surface area contributed by atoms with E-state index in [-0.39, 0.29) is 0 Å². The van der Waals surface area contributed by atoms with Crippen LogP contribution in [-0.4, -0.2) is 4.57 Å². The van der Waals surface area contributed by atoms with Gasteiger partial charge in [0.1, 0.15) is 22.3 Å². The number of rotatable bonds is 2. The summed E-state index contributed by atoms with van der Waals surface area (Å²) in [6.07, 6.45) is 0. The molecule has 0 radical (unpaired) electrons. The number of para-hydroxylation sites is 4. The number of fused-ring (bicyclic) bond motifs is 9. The van der Waals surface area contributed by atoms with E-state index >= 15 is 0 Å². The Morgan fingerprint density at radius 2 is 1.08 bits per heavy atom. The van der Waals surface area contributed by atoms with Gasteiger partial charge in [0, 0.05) is 49.6 Å². The molecule has 0 saturated heterocycles. The molecule has 3 heteroatoms. The van der Waals surface area contributed by atoms with Crippen LogP contribution in [0.15, 0.2) is 136 Å². The van der Waals surface area contributed by atoms with Crippen LogP contribution in [0, 0.1) is 0 Å². The minimum Gasteiger partial charge on any atom is -0.456 e. The van der Waals surface area contributed by atoms with Gasteiger partial charge in [-0.05, 0) is 48.0 Å². The first kappa shape index (κ1) is 20.7. The van der Waals surface area contributed by atoms with Crippen LogP contribution in [0.2, 0.25) is 0 Å². The van der Waals surface area contributed by atoms with Gasteiger partial charge in [0.25, 0.3) is 0 Å². The van der Waals surface area contributed by atoms with Gasteiger partial charge in [-0.2, -0.15) is 0 Å². The maximum atomic E-state index is 6.65. The van der Waals surface area contributed by atoms with Crippen LogP contribution >= 0.6 is 0 Å². The van der Waals surface area contributed by atoms with Crippen LogP contribution in [0.1, 0.15) is 0 Å². The van der Waals surface area contributed by atoms with Crippen molar-refractivity contribution in [1.29, 1.82) is 0 Å². The van der Waals surface area contributed by atoms with E-state index in [1.807, 2.05) is 12.1 Å². The van der Waals surface area contributed by atoms with E-state index in [2.05, 4.69) is 120 Å². The van der Waals surface area contributed by atoms with Gasteiger partial charge in [0.15, 0.2) is 0 Å². The summed E-state index contributed by atoms with van der Waals surface area (Å²) < 4.78 is 15.0. The summed E-state index contributed by atoms with van der Waals surface area (Å²) in [7, 11) is 0. The van der Waals surface area contributed by atoms with Gasteiger partial charge < -0.3 is 13.4 Å². The number of aromatic nitrogens is 1. The lowest BCUT2D eigenvalue weighted by molar-refractivity contribution is 0.668. The lowest BCUT2D eigenvalue weighted by atomic mass is 10.0. The Morgan fingerprint density at radius 1 is 0.410 bits per heavy atom. The minimum absolute atomic E-state index is 0.881.